The Labute approximate surface area is 122 Å². The molecule has 110 valence electrons. The minimum absolute atomic E-state index is 0.177. The molecule has 2 heterocycles. The van der Waals surface area contributed by atoms with Gasteiger partial charge in [-0.3, -0.25) is 4.79 Å². The van der Waals surface area contributed by atoms with Crippen LogP contribution in [0.4, 0.5) is 0 Å². The highest BCUT2D eigenvalue weighted by atomic mass is 16.5. The molecule has 0 aromatic carbocycles. The maximum Gasteiger partial charge on any atom is 0.340 e. The van der Waals surface area contributed by atoms with Gasteiger partial charge in [0.1, 0.15) is 0 Å². The lowest BCUT2D eigenvalue weighted by molar-refractivity contribution is 0.0523. The fourth-order valence-corrected chi connectivity index (χ4v) is 2.21. The van der Waals surface area contributed by atoms with Crippen LogP contribution in [0.3, 0.4) is 0 Å². The van der Waals surface area contributed by atoms with Gasteiger partial charge in [-0.15, -0.1) is 0 Å². The molecule has 0 aliphatic heterocycles. The van der Waals surface area contributed by atoms with E-state index in [9.17, 15) is 9.59 Å². The van der Waals surface area contributed by atoms with Gasteiger partial charge in [0.2, 0.25) is 0 Å². The number of rotatable bonds is 4. The predicted octanol–water partition coefficient (Wildman–Crippen LogP) is 1.48. The number of carbonyl (C=O) groups excluding carboxylic acids is 1. The number of esters is 1. The zero-order valence-corrected chi connectivity index (χ0v) is 12.3. The van der Waals surface area contributed by atoms with Crippen LogP contribution in [0.1, 0.15) is 34.2 Å². The SMILES string of the molecule is CCOC(=O)c1c(C)cc(=O)n(Cc2cccnn2)c1C. The molecule has 0 amide bonds. The first-order valence-corrected chi connectivity index (χ1v) is 6.69. The molecule has 6 heteroatoms. The molecule has 2 rings (SSSR count). The molecule has 0 fully saturated rings. The van der Waals surface area contributed by atoms with E-state index < -0.39 is 5.97 Å². The molecule has 21 heavy (non-hydrogen) atoms. The van der Waals surface area contributed by atoms with E-state index in [-0.39, 0.29) is 12.1 Å². The van der Waals surface area contributed by atoms with E-state index in [1.807, 2.05) is 0 Å². The highest BCUT2D eigenvalue weighted by molar-refractivity contribution is 5.92. The Balaban J connectivity index is 2.49. The smallest absolute Gasteiger partial charge is 0.340 e. The normalized spacial score (nSPS) is 10.4. The van der Waals surface area contributed by atoms with Gasteiger partial charge in [-0.1, -0.05) is 0 Å². The van der Waals surface area contributed by atoms with Crippen LogP contribution in [-0.2, 0) is 11.3 Å². The maximum atomic E-state index is 12.2. The van der Waals surface area contributed by atoms with Gasteiger partial charge in [0.25, 0.3) is 5.56 Å². The quantitative estimate of drug-likeness (QED) is 0.796. The molecule has 2 aromatic rings. The van der Waals surface area contributed by atoms with E-state index >= 15 is 0 Å². The topological polar surface area (TPSA) is 74.1 Å². The monoisotopic (exact) mass is 287 g/mol. The van der Waals surface area contributed by atoms with Gasteiger partial charge in [-0.2, -0.15) is 10.2 Å². The maximum absolute atomic E-state index is 12.2. The zero-order chi connectivity index (χ0) is 15.4. The van der Waals surface area contributed by atoms with E-state index in [1.54, 1.807) is 39.1 Å². The Bertz CT molecular complexity index is 708. The first-order valence-electron chi connectivity index (χ1n) is 6.69. The van der Waals surface area contributed by atoms with Gasteiger partial charge in [-0.25, -0.2) is 4.79 Å². The molecular weight excluding hydrogens is 270 g/mol. The lowest BCUT2D eigenvalue weighted by atomic mass is 10.1. The number of nitrogens with zero attached hydrogens (tertiary/aromatic N) is 3. The van der Waals surface area contributed by atoms with Crippen molar-refractivity contribution in [2.24, 2.45) is 0 Å². The second-order valence-electron chi connectivity index (χ2n) is 4.65. The number of aromatic nitrogens is 3. The van der Waals surface area contributed by atoms with Crippen LogP contribution < -0.4 is 5.56 Å². The fourth-order valence-electron chi connectivity index (χ4n) is 2.21. The number of hydrogen-bond donors (Lipinski definition) is 0. The van der Waals surface area contributed by atoms with Crippen molar-refractivity contribution in [1.82, 2.24) is 14.8 Å². The van der Waals surface area contributed by atoms with Crippen molar-refractivity contribution in [3.05, 3.63) is 57.3 Å². The van der Waals surface area contributed by atoms with Crippen LogP contribution in [0.15, 0.2) is 29.2 Å². The van der Waals surface area contributed by atoms with Crippen molar-refractivity contribution in [3.8, 4) is 0 Å². The number of ether oxygens (including phenoxy) is 1. The molecule has 0 spiro atoms. The van der Waals surface area contributed by atoms with Crippen LogP contribution in [0.25, 0.3) is 0 Å². The summed E-state index contributed by atoms with van der Waals surface area (Å²) >= 11 is 0. The van der Waals surface area contributed by atoms with Crippen molar-refractivity contribution in [2.45, 2.75) is 27.3 Å². The molecule has 0 N–H and O–H groups in total. The molecule has 0 atom stereocenters. The first-order chi connectivity index (χ1) is 10.0. The summed E-state index contributed by atoms with van der Waals surface area (Å²) in [6.45, 7) is 5.77. The molecule has 2 aromatic heterocycles. The minimum atomic E-state index is -0.416. The van der Waals surface area contributed by atoms with Gasteiger partial charge in [-0.05, 0) is 38.5 Å². The average Bonchev–Trinajstić information content (AvgIpc) is 2.44. The number of aryl methyl sites for hydroxylation is 1. The Morgan fingerprint density at radius 2 is 2.14 bits per heavy atom. The average molecular weight is 287 g/mol. The third-order valence-electron chi connectivity index (χ3n) is 3.19. The Kier molecular flexibility index (Phi) is 4.47. The summed E-state index contributed by atoms with van der Waals surface area (Å²) in [7, 11) is 0. The van der Waals surface area contributed by atoms with Gasteiger partial charge in [0.05, 0.1) is 24.4 Å². The number of carbonyl (C=O) groups is 1. The van der Waals surface area contributed by atoms with E-state index in [4.69, 9.17) is 4.74 Å². The van der Waals surface area contributed by atoms with E-state index in [0.717, 1.165) is 0 Å². The molecule has 0 saturated heterocycles. The van der Waals surface area contributed by atoms with Gasteiger partial charge < -0.3 is 9.30 Å². The summed E-state index contributed by atoms with van der Waals surface area (Å²) < 4.78 is 6.56. The van der Waals surface area contributed by atoms with Crippen molar-refractivity contribution < 1.29 is 9.53 Å². The Morgan fingerprint density at radius 3 is 2.76 bits per heavy atom. The van der Waals surface area contributed by atoms with Crippen LogP contribution in [0.5, 0.6) is 0 Å². The van der Waals surface area contributed by atoms with Crippen LogP contribution in [0.2, 0.25) is 0 Å². The van der Waals surface area contributed by atoms with Crippen molar-refractivity contribution >= 4 is 5.97 Å². The molecule has 0 saturated carbocycles. The predicted molar refractivity (Wildman–Crippen MR) is 77.3 cm³/mol. The standard InChI is InChI=1S/C15H17N3O3/c1-4-21-15(20)14-10(2)8-13(19)18(11(14)3)9-12-6-5-7-16-17-12/h5-8H,4,9H2,1-3H3. The van der Waals surface area contributed by atoms with Crippen LogP contribution in [0, 0.1) is 13.8 Å². The van der Waals surface area contributed by atoms with E-state index in [0.29, 0.717) is 29.1 Å². The number of hydrogen-bond acceptors (Lipinski definition) is 5. The lowest BCUT2D eigenvalue weighted by Gasteiger charge is -2.15. The summed E-state index contributed by atoms with van der Waals surface area (Å²) in [5, 5.41) is 7.75. The summed E-state index contributed by atoms with van der Waals surface area (Å²) in [5.41, 5.74) is 2.10. The molecular formula is C15H17N3O3. The van der Waals surface area contributed by atoms with Crippen LogP contribution >= 0.6 is 0 Å². The largest absolute Gasteiger partial charge is 0.462 e. The van der Waals surface area contributed by atoms with Gasteiger partial charge in [0, 0.05) is 18.0 Å². The van der Waals surface area contributed by atoms with E-state index in [2.05, 4.69) is 10.2 Å². The molecule has 0 radical (unpaired) electrons. The lowest BCUT2D eigenvalue weighted by Crippen LogP contribution is -2.27. The first kappa shape index (κ1) is 14.9. The Hall–Kier alpha value is -2.50. The van der Waals surface area contributed by atoms with Crippen molar-refractivity contribution in [3.63, 3.8) is 0 Å². The second-order valence-corrected chi connectivity index (χ2v) is 4.65. The molecule has 6 nitrogen and oxygen atoms in total. The summed E-state index contributed by atoms with van der Waals surface area (Å²) in [4.78, 5) is 24.2. The molecule has 0 bridgehead atoms. The molecule has 0 aliphatic carbocycles. The zero-order valence-electron chi connectivity index (χ0n) is 12.3. The molecule has 0 unspecified atom stereocenters. The fraction of sp³-hybridized carbons (Fsp3) is 0.333. The second kappa shape index (κ2) is 6.30. The summed E-state index contributed by atoms with van der Waals surface area (Å²) in [6.07, 6.45) is 1.57. The highest BCUT2D eigenvalue weighted by Crippen LogP contribution is 2.13. The van der Waals surface area contributed by atoms with Crippen molar-refractivity contribution in [2.75, 3.05) is 6.61 Å². The summed E-state index contributed by atoms with van der Waals surface area (Å²) in [5.74, 6) is -0.416. The van der Waals surface area contributed by atoms with Crippen molar-refractivity contribution in [1.29, 1.82) is 0 Å². The third-order valence-corrected chi connectivity index (χ3v) is 3.19. The Morgan fingerprint density at radius 1 is 1.38 bits per heavy atom. The van der Waals surface area contributed by atoms with Crippen LogP contribution in [-0.4, -0.2) is 27.3 Å². The highest BCUT2D eigenvalue weighted by Gasteiger charge is 2.18. The van der Waals surface area contributed by atoms with Gasteiger partial charge >= 0.3 is 5.97 Å². The van der Waals surface area contributed by atoms with Gasteiger partial charge in [0.15, 0.2) is 0 Å². The van der Waals surface area contributed by atoms with E-state index in [1.165, 1.54) is 10.6 Å². The third kappa shape index (κ3) is 3.16. The molecule has 0 aliphatic rings. The minimum Gasteiger partial charge on any atom is -0.462 e. The number of pyridine rings is 1. The summed E-state index contributed by atoms with van der Waals surface area (Å²) in [6, 6.07) is 4.97.